The molecule has 1 aliphatic heterocycles. The van der Waals surface area contributed by atoms with Crippen molar-refractivity contribution in [3.05, 3.63) is 33.9 Å². The van der Waals surface area contributed by atoms with Crippen LogP contribution in [0.2, 0.25) is 0 Å². The molecule has 7 nitrogen and oxygen atoms in total. The van der Waals surface area contributed by atoms with E-state index in [-0.39, 0.29) is 17.4 Å². The lowest BCUT2D eigenvalue weighted by atomic mass is 10.1. The van der Waals surface area contributed by atoms with Gasteiger partial charge in [0, 0.05) is 32.0 Å². The molecule has 0 aliphatic carbocycles. The van der Waals surface area contributed by atoms with E-state index in [0.717, 1.165) is 25.9 Å². The molecule has 1 fully saturated rings. The Morgan fingerprint density at radius 2 is 2.33 bits per heavy atom. The predicted octanol–water partition coefficient (Wildman–Crippen LogP) is 1.94. The van der Waals surface area contributed by atoms with Gasteiger partial charge in [-0.1, -0.05) is 0 Å². The SMILES string of the molecule is CNc1ccc([N+](=O)[O-])c(C(=O)NCCC2CCCO2)c1. The molecule has 1 heterocycles. The number of nitro benzene ring substituents is 1. The normalized spacial score (nSPS) is 17.5. The van der Waals surface area contributed by atoms with Gasteiger partial charge in [0.25, 0.3) is 11.6 Å². The van der Waals surface area contributed by atoms with Gasteiger partial charge in [0.15, 0.2) is 0 Å². The number of hydrogen-bond donors (Lipinski definition) is 2. The highest BCUT2D eigenvalue weighted by Gasteiger charge is 2.21. The molecule has 1 amide bonds. The largest absolute Gasteiger partial charge is 0.388 e. The molecule has 1 aromatic rings. The maximum atomic E-state index is 12.1. The smallest absolute Gasteiger partial charge is 0.282 e. The first-order valence-corrected chi connectivity index (χ1v) is 6.98. The molecule has 0 aromatic heterocycles. The highest BCUT2D eigenvalue weighted by atomic mass is 16.6. The first kappa shape index (κ1) is 15.2. The third-order valence-electron chi connectivity index (χ3n) is 3.50. The van der Waals surface area contributed by atoms with Gasteiger partial charge in [-0.05, 0) is 31.4 Å². The van der Waals surface area contributed by atoms with Crippen molar-refractivity contribution in [2.45, 2.75) is 25.4 Å². The minimum atomic E-state index is -0.547. The van der Waals surface area contributed by atoms with Gasteiger partial charge < -0.3 is 15.4 Å². The standard InChI is InChI=1S/C14H19N3O4/c1-15-10-4-5-13(17(19)20)12(9-10)14(18)16-7-6-11-3-2-8-21-11/h4-5,9,11,15H,2-3,6-8H2,1H3,(H,16,18). The summed E-state index contributed by atoms with van der Waals surface area (Å²) in [5.74, 6) is -0.434. The number of hydrogen-bond acceptors (Lipinski definition) is 5. The van der Waals surface area contributed by atoms with E-state index in [1.807, 2.05) is 0 Å². The minimum absolute atomic E-state index is 0.0687. The highest BCUT2D eigenvalue weighted by Crippen LogP contribution is 2.22. The molecule has 1 aliphatic rings. The predicted molar refractivity (Wildman–Crippen MR) is 78.6 cm³/mol. The number of anilines is 1. The second kappa shape index (κ2) is 7.03. The number of carbonyl (C=O) groups excluding carboxylic acids is 1. The van der Waals surface area contributed by atoms with Crippen LogP contribution in [0.5, 0.6) is 0 Å². The van der Waals surface area contributed by atoms with Crippen molar-refractivity contribution in [2.24, 2.45) is 0 Å². The average Bonchev–Trinajstić information content (AvgIpc) is 2.99. The molecule has 1 atom stereocenters. The van der Waals surface area contributed by atoms with E-state index in [0.29, 0.717) is 12.2 Å². The number of nitrogens with one attached hydrogen (secondary N) is 2. The Bertz CT molecular complexity index is 527. The van der Waals surface area contributed by atoms with E-state index in [1.54, 1.807) is 13.1 Å². The summed E-state index contributed by atoms with van der Waals surface area (Å²) >= 11 is 0. The number of nitrogens with zero attached hydrogens (tertiary/aromatic N) is 1. The molecule has 0 saturated carbocycles. The Morgan fingerprint density at radius 1 is 1.52 bits per heavy atom. The van der Waals surface area contributed by atoms with E-state index in [9.17, 15) is 14.9 Å². The summed E-state index contributed by atoms with van der Waals surface area (Å²) in [6.07, 6.45) is 2.97. The second-order valence-corrected chi connectivity index (χ2v) is 4.92. The number of rotatable bonds is 6. The van der Waals surface area contributed by atoms with E-state index >= 15 is 0 Å². The van der Waals surface area contributed by atoms with Crippen molar-refractivity contribution >= 4 is 17.3 Å². The van der Waals surface area contributed by atoms with Crippen LogP contribution in [-0.4, -0.2) is 37.1 Å². The van der Waals surface area contributed by atoms with Crippen LogP contribution in [0, 0.1) is 10.1 Å². The van der Waals surface area contributed by atoms with E-state index in [2.05, 4.69) is 10.6 Å². The van der Waals surface area contributed by atoms with Crippen molar-refractivity contribution in [2.75, 3.05) is 25.5 Å². The number of carbonyl (C=O) groups is 1. The Hall–Kier alpha value is -2.15. The molecule has 21 heavy (non-hydrogen) atoms. The minimum Gasteiger partial charge on any atom is -0.388 e. The van der Waals surface area contributed by atoms with Crippen LogP contribution in [0.3, 0.4) is 0 Å². The molecule has 2 rings (SSSR count). The molecule has 7 heteroatoms. The summed E-state index contributed by atoms with van der Waals surface area (Å²) in [5.41, 5.74) is 0.535. The van der Waals surface area contributed by atoms with E-state index < -0.39 is 10.8 Å². The topological polar surface area (TPSA) is 93.5 Å². The van der Waals surface area contributed by atoms with Gasteiger partial charge in [0.2, 0.25) is 0 Å². The average molecular weight is 293 g/mol. The van der Waals surface area contributed by atoms with Gasteiger partial charge in [-0.2, -0.15) is 0 Å². The summed E-state index contributed by atoms with van der Waals surface area (Å²) in [6, 6.07) is 4.39. The lowest BCUT2D eigenvalue weighted by Crippen LogP contribution is -2.27. The van der Waals surface area contributed by atoms with Crippen molar-refractivity contribution in [1.82, 2.24) is 5.32 Å². The van der Waals surface area contributed by atoms with Gasteiger partial charge in [-0.15, -0.1) is 0 Å². The third-order valence-corrected chi connectivity index (χ3v) is 3.50. The van der Waals surface area contributed by atoms with Crippen molar-refractivity contribution in [1.29, 1.82) is 0 Å². The zero-order valence-corrected chi connectivity index (χ0v) is 11.9. The fraction of sp³-hybridized carbons (Fsp3) is 0.500. The summed E-state index contributed by atoms with van der Waals surface area (Å²) in [7, 11) is 1.69. The molecular weight excluding hydrogens is 274 g/mol. The van der Waals surface area contributed by atoms with Crippen LogP contribution in [0.15, 0.2) is 18.2 Å². The molecular formula is C14H19N3O4. The van der Waals surface area contributed by atoms with Gasteiger partial charge in [-0.25, -0.2) is 0 Å². The van der Waals surface area contributed by atoms with Crippen LogP contribution in [0.4, 0.5) is 11.4 Å². The fourth-order valence-electron chi connectivity index (χ4n) is 2.35. The molecule has 0 radical (unpaired) electrons. The summed E-state index contributed by atoms with van der Waals surface area (Å²) in [5, 5.41) is 16.6. The van der Waals surface area contributed by atoms with Crippen molar-refractivity contribution in [3.8, 4) is 0 Å². The van der Waals surface area contributed by atoms with Gasteiger partial charge in [-0.3, -0.25) is 14.9 Å². The summed E-state index contributed by atoms with van der Waals surface area (Å²) < 4.78 is 5.47. The van der Waals surface area contributed by atoms with Crippen molar-refractivity contribution in [3.63, 3.8) is 0 Å². The Kier molecular flexibility index (Phi) is 5.10. The second-order valence-electron chi connectivity index (χ2n) is 4.92. The van der Waals surface area contributed by atoms with Gasteiger partial charge in [0.1, 0.15) is 5.56 Å². The van der Waals surface area contributed by atoms with Crippen LogP contribution >= 0.6 is 0 Å². The molecule has 2 N–H and O–H groups in total. The number of ether oxygens (including phenoxy) is 1. The fourth-order valence-corrected chi connectivity index (χ4v) is 2.35. The summed E-state index contributed by atoms with van der Waals surface area (Å²) in [4.78, 5) is 22.6. The quantitative estimate of drug-likeness (QED) is 0.617. The first-order valence-electron chi connectivity index (χ1n) is 6.98. The molecule has 0 bridgehead atoms. The lowest BCUT2D eigenvalue weighted by Gasteiger charge is -2.11. The molecule has 1 saturated heterocycles. The van der Waals surface area contributed by atoms with Crippen LogP contribution in [0.25, 0.3) is 0 Å². The Balaban J connectivity index is 2.00. The van der Waals surface area contributed by atoms with Crippen LogP contribution in [-0.2, 0) is 4.74 Å². The third kappa shape index (κ3) is 3.91. The van der Waals surface area contributed by atoms with Crippen molar-refractivity contribution < 1.29 is 14.5 Å². The highest BCUT2D eigenvalue weighted by molar-refractivity contribution is 5.99. The molecule has 1 aromatic carbocycles. The number of benzene rings is 1. The summed E-state index contributed by atoms with van der Waals surface area (Å²) in [6.45, 7) is 1.22. The lowest BCUT2D eigenvalue weighted by molar-refractivity contribution is -0.385. The van der Waals surface area contributed by atoms with E-state index in [4.69, 9.17) is 4.74 Å². The van der Waals surface area contributed by atoms with Crippen LogP contribution < -0.4 is 10.6 Å². The maximum absolute atomic E-state index is 12.1. The first-order chi connectivity index (χ1) is 10.1. The van der Waals surface area contributed by atoms with Gasteiger partial charge in [0.05, 0.1) is 11.0 Å². The number of amides is 1. The van der Waals surface area contributed by atoms with Crippen LogP contribution in [0.1, 0.15) is 29.6 Å². The monoisotopic (exact) mass is 293 g/mol. The molecule has 114 valence electrons. The number of nitro groups is 1. The van der Waals surface area contributed by atoms with E-state index in [1.165, 1.54) is 12.1 Å². The Labute approximate surface area is 122 Å². The zero-order chi connectivity index (χ0) is 15.2. The Morgan fingerprint density at radius 3 is 2.95 bits per heavy atom. The zero-order valence-electron chi connectivity index (χ0n) is 11.9. The van der Waals surface area contributed by atoms with Gasteiger partial charge >= 0.3 is 0 Å². The molecule has 0 spiro atoms. The molecule has 1 unspecified atom stereocenters. The maximum Gasteiger partial charge on any atom is 0.282 e.